The Hall–Kier alpha value is -3.85. The average Bonchev–Trinajstić information content (AvgIpc) is 3.46. The van der Waals surface area contributed by atoms with E-state index in [-0.39, 0.29) is 18.8 Å². The van der Waals surface area contributed by atoms with E-state index in [0.29, 0.717) is 22.3 Å². The van der Waals surface area contributed by atoms with Gasteiger partial charge in [-0.3, -0.25) is 4.79 Å². The summed E-state index contributed by atoms with van der Waals surface area (Å²) in [6.07, 6.45) is -0.480. The van der Waals surface area contributed by atoms with Gasteiger partial charge in [-0.1, -0.05) is 48.5 Å². The van der Waals surface area contributed by atoms with E-state index in [1.165, 1.54) is 29.2 Å². The largest absolute Gasteiger partial charge is 0.544 e. The smallest absolute Gasteiger partial charge is 0.417 e. The van der Waals surface area contributed by atoms with Crippen molar-refractivity contribution in [2.45, 2.75) is 70.3 Å². The Bertz CT molecular complexity index is 1800. The van der Waals surface area contributed by atoms with Gasteiger partial charge >= 0.3 is 6.09 Å². The third-order valence-electron chi connectivity index (χ3n) is 8.39. The van der Waals surface area contributed by atoms with Crippen molar-refractivity contribution >= 4 is 50.3 Å². The summed E-state index contributed by atoms with van der Waals surface area (Å²) in [5.41, 5.74) is 2.92. The topological polar surface area (TPSA) is 77.1 Å². The molecule has 1 saturated heterocycles. The van der Waals surface area contributed by atoms with Gasteiger partial charge in [-0.25, -0.2) is 18.5 Å². The predicted molar refractivity (Wildman–Crippen MR) is 205 cm³/mol. The molecule has 1 fully saturated rings. The number of anilines is 1. The first kappa shape index (κ1) is 38.4. The fraction of sp³-hybridized carbons (Fsp3) is 0.333. The maximum Gasteiger partial charge on any atom is 0.417 e. The zero-order valence-electron chi connectivity index (χ0n) is 29.8. The van der Waals surface area contributed by atoms with E-state index in [4.69, 9.17) is 13.6 Å². The average molecular weight is 796 g/mol. The van der Waals surface area contributed by atoms with Crippen LogP contribution in [0.25, 0.3) is 0 Å². The Morgan fingerprint density at radius 3 is 2.06 bits per heavy atom. The second-order valence-electron chi connectivity index (χ2n) is 14.7. The maximum atomic E-state index is 15.0. The summed E-state index contributed by atoms with van der Waals surface area (Å²) in [4.78, 5) is 29.7. The van der Waals surface area contributed by atoms with Gasteiger partial charge in [0.1, 0.15) is 30.0 Å². The Labute approximate surface area is 309 Å². The van der Waals surface area contributed by atoms with Crippen molar-refractivity contribution in [1.82, 2.24) is 4.90 Å². The Kier molecular flexibility index (Phi) is 12.2. The number of hydrogen-bond donors (Lipinski definition) is 1. The van der Waals surface area contributed by atoms with Gasteiger partial charge in [0.15, 0.2) is 8.32 Å². The SMILES string of the molecule is C[Si](C)(C)Oc1ccc([C@@H](Nc2ccc(F)cc2)[C@@H](CC[C@H](O[Si](C)(C)C)c2ccc(F)cc2)C(=O)N2C(=O)OC[C@@H]2c2ccccc2)cc1Br. The molecule has 7 nitrogen and oxygen atoms in total. The summed E-state index contributed by atoms with van der Waals surface area (Å²) >= 11 is 3.70. The first-order chi connectivity index (χ1) is 24.1. The lowest BCUT2D eigenvalue weighted by molar-refractivity contribution is -0.134. The number of halogens is 3. The number of carbonyl (C=O) groups excluding carboxylic acids is 2. The number of ether oxygens (including phenoxy) is 1. The molecule has 1 aliphatic rings. The van der Waals surface area contributed by atoms with E-state index in [9.17, 15) is 13.6 Å². The number of rotatable bonds is 14. The molecule has 4 aromatic rings. The monoisotopic (exact) mass is 794 g/mol. The molecule has 12 heteroatoms. The van der Waals surface area contributed by atoms with Gasteiger partial charge in [0.25, 0.3) is 0 Å². The highest BCUT2D eigenvalue weighted by atomic mass is 79.9. The standard InChI is InChI=1S/C39H45BrF2N2O5Si2/c1-50(2,3)48-35(27-12-15-29(41)16-13-27)23-21-32(38(45)44-34(25-47-39(44)46)26-10-8-7-9-11-26)37(43-31-19-17-30(42)18-20-31)28-14-22-36(33(40)24-28)49-51(4,5)6/h7-20,22,24,32,34-35,37,43H,21,23,25H2,1-6H3/t32-,34-,35+,37-/m1/s1. The molecule has 1 aliphatic heterocycles. The zero-order valence-corrected chi connectivity index (χ0v) is 33.4. The van der Waals surface area contributed by atoms with E-state index in [0.717, 1.165) is 16.7 Å². The number of imide groups is 1. The molecular formula is C39H45BrF2N2O5Si2. The minimum atomic E-state index is -2.13. The molecule has 4 aromatic carbocycles. The summed E-state index contributed by atoms with van der Waals surface area (Å²) in [5.74, 6) is -1.31. The number of amides is 2. The van der Waals surface area contributed by atoms with Gasteiger partial charge in [-0.2, -0.15) is 0 Å². The molecule has 270 valence electrons. The van der Waals surface area contributed by atoms with E-state index in [1.807, 2.05) is 48.5 Å². The Morgan fingerprint density at radius 1 is 0.863 bits per heavy atom. The number of nitrogens with zero attached hydrogens (tertiary/aromatic N) is 1. The van der Waals surface area contributed by atoms with Crippen molar-refractivity contribution in [3.8, 4) is 5.75 Å². The lowest BCUT2D eigenvalue weighted by Gasteiger charge is -2.34. The number of cyclic esters (lactones) is 1. The van der Waals surface area contributed by atoms with E-state index < -0.39 is 58.6 Å². The van der Waals surface area contributed by atoms with Crippen LogP contribution in [0.5, 0.6) is 5.75 Å². The highest BCUT2D eigenvalue weighted by Crippen LogP contribution is 2.41. The second-order valence-corrected chi connectivity index (χ2v) is 24.4. The lowest BCUT2D eigenvalue weighted by Crippen LogP contribution is -2.42. The molecule has 0 aliphatic carbocycles. The first-order valence-corrected chi connectivity index (χ1v) is 24.7. The highest BCUT2D eigenvalue weighted by molar-refractivity contribution is 9.10. The molecule has 1 N–H and O–H groups in total. The van der Waals surface area contributed by atoms with Gasteiger partial charge in [0.05, 0.1) is 22.5 Å². The van der Waals surface area contributed by atoms with Crippen molar-refractivity contribution in [3.05, 3.63) is 130 Å². The summed E-state index contributed by atoms with van der Waals surface area (Å²) < 4.78 is 47.2. The third kappa shape index (κ3) is 10.4. The van der Waals surface area contributed by atoms with Crippen molar-refractivity contribution in [3.63, 3.8) is 0 Å². The molecule has 0 bridgehead atoms. The van der Waals surface area contributed by atoms with Gasteiger partial charge in [-0.15, -0.1) is 0 Å². The molecule has 1 heterocycles. The fourth-order valence-electron chi connectivity index (χ4n) is 6.19. The summed E-state index contributed by atoms with van der Waals surface area (Å²) in [7, 11) is -4.08. The van der Waals surface area contributed by atoms with Crippen LogP contribution in [0, 0.1) is 17.6 Å². The van der Waals surface area contributed by atoms with Gasteiger partial charge in [0, 0.05) is 5.69 Å². The molecule has 2 amide bonds. The van der Waals surface area contributed by atoms with Crippen molar-refractivity contribution in [2.24, 2.45) is 5.92 Å². The number of hydrogen-bond acceptors (Lipinski definition) is 6. The van der Waals surface area contributed by atoms with Crippen LogP contribution in [0.15, 0.2) is 102 Å². The van der Waals surface area contributed by atoms with Crippen molar-refractivity contribution < 1.29 is 32.0 Å². The molecule has 0 radical (unpaired) electrons. The van der Waals surface area contributed by atoms with Crippen LogP contribution in [-0.4, -0.2) is 40.1 Å². The summed E-state index contributed by atoms with van der Waals surface area (Å²) in [6, 6.07) is 25.9. The first-order valence-electron chi connectivity index (χ1n) is 17.1. The molecule has 0 unspecified atom stereocenters. The van der Waals surface area contributed by atoms with Crippen LogP contribution in [0.1, 0.15) is 47.7 Å². The van der Waals surface area contributed by atoms with Crippen LogP contribution in [0.4, 0.5) is 19.3 Å². The lowest BCUT2D eigenvalue weighted by atomic mass is 9.85. The van der Waals surface area contributed by atoms with Gasteiger partial charge < -0.3 is 18.9 Å². The molecule has 0 aromatic heterocycles. The molecule has 5 rings (SSSR count). The minimum absolute atomic E-state index is 0.0303. The summed E-state index contributed by atoms with van der Waals surface area (Å²) in [6.45, 7) is 12.6. The highest BCUT2D eigenvalue weighted by Gasteiger charge is 2.44. The quantitative estimate of drug-likeness (QED) is 0.128. The van der Waals surface area contributed by atoms with E-state index in [1.54, 1.807) is 24.3 Å². The van der Waals surface area contributed by atoms with Crippen LogP contribution >= 0.6 is 15.9 Å². The predicted octanol–water partition coefficient (Wildman–Crippen LogP) is 10.8. The molecule has 0 spiro atoms. The number of nitrogens with one attached hydrogen (secondary N) is 1. The van der Waals surface area contributed by atoms with Crippen LogP contribution < -0.4 is 9.74 Å². The number of benzene rings is 4. The molecule has 51 heavy (non-hydrogen) atoms. The minimum Gasteiger partial charge on any atom is -0.544 e. The third-order valence-corrected chi connectivity index (χ3v) is 10.8. The number of carbonyl (C=O) groups is 2. The maximum absolute atomic E-state index is 15.0. The zero-order chi connectivity index (χ0) is 36.9. The Balaban J connectivity index is 1.61. The van der Waals surface area contributed by atoms with Gasteiger partial charge in [-0.05, 0) is 133 Å². The fourth-order valence-corrected chi connectivity index (χ4v) is 8.76. The second kappa shape index (κ2) is 16.2. The van der Waals surface area contributed by atoms with Crippen LogP contribution in [0.2, 0.25) is 39.3 Å². The molecule has 4 atom stereocenters. The van der Waals surface area contributed by atoms with Crippen LogP contribution in [0.3, 0.4) is 0 Å². The van der Waals surface area contributed by atoms with Gasteiger partial charge in [0.2, 0.25) is 14.2 Å². The molecular weight excluding hydrogens is 751 g/mol. The van der Waals surface area contributed by atoms with Crippen molar-refractivity contribution in [1.29, 1.82) is 0 Å². The normalized spacial score (nSPS) is 16.7. The van der Waals surface area contributed by atoms with E-state index in [2.05, 4.69) is 60.5 Å². The van der Waals surface area contributed by atoms with Crippen LogP contribution in [-0.2, 0) is 14.0 Å². The summed E-state index contributed by atoms with van der Waals surface area (Å²) in [5, 5.41) is 3.51. The molecule has 0 saturated carbocycles. The van der Waals surface area contributed by atoms with E-state index >= 15 is 4.79 Å². The Morgan fingerprint density at radius 2 is 1.47 bits per heavy atom. The van der Waals surface area contributed by atoms with Crippen molar-refractivity contribution in [2.75, 3.05) is 11.9 Å².